The molecule has 0 bridgehead atoms. The van der Waals surface area contributed by atoms with Crippen LogP contribution in [0.1, 0.15) is 38.3 Å². The van der Waals surface area contributed by atoms with Gasteiger partial charge in [0.25, 0.3) is 0 Å². The first kappa shape index (κ1) is 23.5. The topological polar surface area (TPSA) is 58.6 Å². The number of carbonyl (C=O) groups excluding carboxylic acids is 2. The van der Waals surface area contributed by atoms with Crippen LogP contribution in [0.15, 0.2) is 54.6 Å². The van der Waals surface area contributed by atoms with Crippen molar-refractivity contribution in [1.29, 1.82) is 0 Å². The zero-order chi connectivity index (χ0) is 21.9. The Hall–Kier alpha value is -2.73. The van der Waals surface area contributed by atoms with Crippen LogP contribution in [0, 0.1) is 5.82 Å². The Morgan fingerprint density at radius 1 is 1.03 bits per heavy atom. The van der Waals surface area contributed by atoms with Crippen LogP contribution < -0.4 is 5.32 Å². The van der Waals surface area contributed by atoms with Crippen molar-refractivity contribution in [3.63, 3.8) is 0 Å². The molecule has 0 fully saturated rings. The Kier molecular flexibility index (Phi) is 9.48. The summed E-state index contributed by atoms with van der Waals surface area (Å²) < 4.78 is 18.8. The number of benzene rings is 2. The van der Waals surface area contributed by atoms with E-state index in [1.54, 1.807) is 17.0 Å². The molecule has 5 nitrogen and oxygen atoms in total. The normalized spacial score (nSPS) is 11.9. The molecule has 0 heterocycles. The molecule has 2 rings (SSSR count). The number of nitrogens with one attached hydrogen (secondary N) is 1. The van der Waals surface area contributed by atoms with E-state index in [2.05, 4.69) is 5.32 Å². The molecule has 0 aromatic heterocycles. The number of rotatable bonds is 11. The van der Waals surface area contributed by atoms with Crippen LogP contribution in [-0.2, 0) is 27.3 Å². The van der Waals surface area contributed by atoms with Crippen molar-refractivity contribution >= 4 is 11.8 Å². The van der Waals surface area contributed by atoms with Crippen LogP contribution in [0.25, 0.3) is 0 Å². The van der Waals surface area contributed by atoms with Crippen LogP contribution in [0.3, 0.4) is 0 Å². The quantitative estimate of drug-likeness (QED) is 0.570. The van der Waals surface area contributed by atoms with E-state index < -0.39 is 6.04 Å². The van der Waals surface area contributed by atoms with Gasteiger partial charge in [0.05, 0.1) is 6.10 Å². The second-order valence-electron chi connectivity index (χ2n) is 7.54. The third-order valence-electron chi connectivity index (χ3n) is 4.69. The standard InChI is InChI=1S/C24H31FN2O3/c1-18(2)30-15-7-14-26-24(29)23(16-20-8-5-4-6-9-20)27(19(3)28)17-21-10-12-22(25)13-11-21/h4-6,8-13,18,23H,7,14-17H2,1-3H3,(H,26,29). The van der Waals surface area contributed by atoms with Gasteiger partial charge < -0.3 is 15.0 Å². The van der Waals surface area contributed by atoms with Crippen molar-refractivity contribution in [3.05, 3.63) is 71.5 Å². The molecule has 1 unspecified atom stereocenters. The monoisotopic (exact) mass is 414 g/mol. The van der Waals surface area contributed by atoms with Gasteiger partial charge in [-0.2, -0.15) is 0 Å². The lowest BCUT2D eigenvalue weighted by Gasteiger charge is -2.30. The number of nitrogens with zero attached hydrogens (tertiary/aromatic N) is 1. The SMILES string of the molecule is CC(=O)N(Cc1ccc(F)cc1)C(Cc1ccccc1)C(=O)NCCCOC(C)C. The number of halogens is 1. The fourth-order valence-corrected chi connectivity index (χ4v) is 3.13. The van der Waals surface area contributed by atoms with Crippen molar-refractivity contribution in [2.75, 3.05) is 13.2 Å². The fourth-order valence-electron chi connectivity index (χ4n) is 3.13. The molecule has 2 amide bonds. The minimum absolute atomic E-state index is 0.149. The van der Waals surface area contributed by atoms with Gasteiger partial charge in [-0.05, 0) is 43.5 Å². The average Bonchev–Trinajstić information content (AvgIpc) is 2.72. The number of carbonyl (C=O) groups is 2. The molecular weight excluding hydrogens is 383 g/mol. The lowest BCUT2D eigenvalue weighted by Crippen LogP contribution is -2.50. The molecule has 0 saturated heterocycles. The van der Waals surface area contributed by atoms with E-state index >= 15 is 0 Å². The minimum atomic E-state index is -0.666. The second kappa shape index (κ2) is 12.1. The predicted molar refractivity (Wildman–Crippen MR) is 115 cm³/mol. The first-order chi connectivity index (χ1) is 14.4. The zero-order valence-electron chi connectivity index (χ0n) is 17.9. The summed E-state index contributed by atoms with van der Waals surface area (Å²) in [6.07, 6.45) is 1.24. The molecule has 0 radical (unpaired) electrons. The summed E-state index contributed by atoms with van der Waals surface area (Å²) in [7, 11) is 0. The Labute approximate surface area is 178 Å². The van der Waals surface area contributed by atoms with E-state index in [0.717, 1.165) is 11.1 Å². The van der Waals surface area contributed by atoms with Gasteiger partial charge in [0.2, 0.25) is 11.8 Å². The summed E-state index contributed by atoms with van der Waals surface area (Å²) in [5.74, 6) is -0.755. The maximum absolute atomic E-state index is 13.3. The molecular formula is C24H31FN2O3. The first-order valence-corrected chi connectivity index (χ1v) is 10.3. The van der Waals surface area contributed by atoms with Gasteiger partial charge in [-0.3, -0.25) is 9.59 Å². The maximum Gasteiger partial charge on any atom is 0.243 e. The number of hydrogen-bond donors (Lipinski definition) is 1. The maximum atomic E-state index is 13.3. The van der Waals surface area contributed by atoms with Gasteiger partial charge in [-0.1, -0.05) is 42.5 Å². The minimum Gasteiger partial charge on any atom is -0.379 e. The van der Waals surface area contributed by atoms with Crippen molar-refractivity contribution in [2.45, 2.75) is 52.3 Å². The molecule has 6 heteroatoms. The molecule has 162 valence electrons. The lowest BCUT2D eigenvalue weighted by atomic mass is 10.0. The highest BCUT2D eigenvalue weighted by Crippen LogP contribution is 2.15. The predicted octanol–water partition coefficient (Wildman–Crippen LogP) is 3.72. The third-order valence-corrected chi connectivity index (χ3v) is 4.69. The van der Waals surface area contributed by atoms with Gasteiger partial charge >= 0.3 is 0 Å². The van der Waals surface area contributed by atoms with Gasteiger partial charge in [0, 0.05) is 33.0 Å². The lowest BCUT2D eigenvalue weighted by molar-refractivity contribution is -0.139. The van der Waals surface area contributed by atoms with Crippen molar-refractivity contribution in [3.8, 4) is 0 Å². The summed E-state index contributed by atoms with van der Waals surface area (Å²) >= 11 is 0. The molecule has 0 aliphatic carbocycles. The van der Waals surface area contributed by atoms with Crippen LogP contribution in [0.5, 0.6) is 0 Å². The number of ether oxygens (including phenoxy) is 1. The smallest absolute Gasteiger partial charge is 0.243 e. The van der Waals surface area contributed by atoms with Gasteiger partial charge in [-0.15, -0.1) is 0 Å². The van der Waals surface area contributed by atoms with Gasteiger partial charge in [-0.25, -0.2) is 4.39 Å². The largest absolute Gasteiger partial charge is 0.379 e. The molecule has 0 aliphatic heterocycles. The molecule has 0 saturated carbocycles. The summed E-state index contributed by atoms with van der Waals surface area (Å²) in [4.78, 5) is 27.0. The first-order valence-electron chi connectivity index (χ1n) is 10.3. The van der Waals surface area contributed by atoms with Crippen molar-refractivity contribution < 1.29 is 18.7 Å². The summed E-state index contributed by atoms with van der Waals surface area (Å²) in [6, 6.07) is 14.9. The Morgan fingerprint density at radius 3 is 2.30 bits per heavy atom. The van der Waals surface area contributed by atoms with E-state index in [1.165, 1.54) is 19.1 Å². The fraction of sp³-hybridized carbons (Fsp3) is 0.417. The second-order valence-corrected chi connectivity index (χ2v) is 7.54. The summed E-state index contributed by atoms with van der Waals surface area (Å²) in [6.45, 7) is 6.65. The highest BCUT2D eigenvalue weighted by Gasteiger charge is 2.28. The molecule has 1 N–H and O–H groups in total. The van der Waals surface area contributed by atoms with Crippen molar-refractivity contribution in [2.24, 2.45) is 0 Å². The molecule has 1 atom stereocenters. The Balaban J connectivity index is 2.13. The Bertz CT molecular complexity index is 794. The van der Waals surface area contributed by atoms with E-state index in [1.807, 2.05) is 44.2 Å². The molecule has 2 aromatic carbocycles. The van der Waals surface area contributed by atoms with E-state index in [0.29, 0.717) is 26.0 Å². The van der Waals surface area contributed by atoms with Crippen LogP contribution >= 0.6 is 0 Å². The summed E-state index contributed by atoms with van der Waals surface area (Å²) in [5.41, 5.74) is 1.73. The van der Waals surface area contributed by atoms with E-state index in [-0.39, 0.29) is 30.3 Å². The highest BCUT2D eigenvalue weighted by atomic mass is 19.1. The highest BCUT2D eigenvalue weighted by molar-refractivity contribution is 5.87. The third kappa shape index (κ3) is 7.95. The van der Waals surface area contributed by atoms with Gasteiger partial charge in [0.1, 0.15) is 11.9 Å². The zero-order valence-corrected chi connectivity index (χ0v) is 17.9. The van der Waals surface area contributed by atoms with Crippen LogP contribution in [-0.4, -0.2) is 42.0 Å². The van der Waals surface area contributed by atoms with Crippen LogP contribution in [0.4, 0.5) is 4.39 Å². The van der Waals surface area contributed by atoms with Crippen LogP contribution in [0.2, 0.25) is 0 Å². The molecule has 0 aliphatic rings. The average molecular weight is 415 g/mol. The van der Waals surface area contributed by atoms with Crippen molar-refractivity contribution in [1.82, 2.24) is 10.2 Å². The summed E-state index contributed by atoms with van der Waals surface area (Å²) in [5, 5.41) is 2.93. The Morgan fingerprint density at radius 2 is 1.70 bits per heavy atom. The van der Waals surface area contributed by atoms with Gasteiger partial charge in [0.15, 0.2) is 0 Å². The molecule has 2 aromatic rings. The number of hydrogen-bond acceptors (Lipinski definition) is 3. The molecule has 30 heavy (non-hydrogen) atoms. The molecule has 0 spiro atoms. The van der Waals surface area contributed by atoms with E-state index in [4.69, 9.17) is 4.74 Å². The number of amides is 2. The van der Waals surface area contributed by atoms with E-state index in [9.17, 15) is 14.0 Å².